The largest absolute Gasteiger partial charge is 0.334 e. The Morgan fingerprint density at radius 2 is 2.20 bits per heavy atom. The van der Waals surface area contributed by atoms with Crippen molar-refractivity contribution >= 4 is 5.91 Å². The first-order valence-corrected chi connectivity index (χ1v) is 7.36. The van der Waals surface area contributed by atoms with Gasteiger partial charge in [0.05, 0.1) is 5.56 Å². The highest BCUT2D eigenvalue weighted by Gasteiger charge is 2.27. The highest BCUT2D eigenvalue weighted by Crippen LogP contribution is 2.18. The summed E-state index contributed by atoms with van der Waals surface area (Å²) in [6.07, 6.45) is 1.85. The van der Waals surface area contributed by atoms with E-state index in [1.807, 2.05) is 4.90 Å². The lowest BCUT2D eigenvalue weighted by atomic mass is 10.0. The molecular weight excluding hydrogens is 255 g/mol. The van der Waals surface area contributed by atoms with Gasteiger partial charge < -0.3 is 10.2 Å². The molecule has 0 aromatic heterocycles. The van der Waals surface area contributed by atoms with Gasteiger partial charge in [-0.3, -0.25) is 4.79 Å². The van der Waals surface area contributed by atoms with Gasteiger partial charge in [0.2, 0.25) is 0 Å². The van der Waals surface area contributed by atoms with Gasteiger partial charge in [-0.05, 0) is 37.4 Å². The Morgan fingerprint density at radius 3 is 2.90 bits per heavy atom. The first kappa shape index (κ1) is 15.0. The molecule has 1 heterocycles. The molecule has 2 rings (SSSR count). The molecule has 0 saturated carbocycles. The molecule has 0 spiro atoms. The van der Waals surface area contributed by atoms with E-state index in [0.717, 1.165) is 25.9 Å². The molecule has 3 nitrogen and oxygen atoms in total. The second-order valence-electron chi connectivity index (χ2n) is 5.82. The van der Waals surface area contributed by atoms with Gasteiger partial charge in [-0.1, -0.05) is 26.0 Å². The smallest absolute Gasteiger partial charge is 0.257 e. The van der Waals surface area contributed by atoms with Gasteiger partial charge in [0.25, 0.3) is 5.91 Å². The van der Waals surface area contributed by atoms with E-state index in [1.165, 1.54) is 6.07 Å². The summed E-state index contributed by atoms with van der Waals surface area (Å²) in [5.74, 6) is -0.105. The molecule has 1 aromatic carbocycles. The Morgan fingerprint density at radius 1 is 1.45 bits per heavy atom. The minimum absolute atomic E-state index is 0.143. The van der Waals surface area contributed by atoms with Crippen LogP contribution in [0.4, 0.5) is 4.39 Å². The topological polar surface area (TPSA) is 32.3 Å². The van der Waals surface area contributed by atoms with Gasteiger partial charge in [-0.25, -0.2) is 4.39 Å². The number of nitrogens with zero attached hydrogens (tertiary/aromatic N) is 1. The number of hydrogen-bond donors (Lipinski definition) is 1. The van der Waals surface area contributed by atoms with Crippen molar-refractivity contribution in [1.82, 2.24) is 10.2 Å². The fraction of sp³-hybridized carbons (Fsp3) is 0.562. The van der Waals surface area contributed by atoms with Crippen LogP contribution in [0.25, 0.3) is 0 Å². The molecule has 1 N–H and O–H groups in total. The van der Waals surface area contributed by atoms with E-state index in [9.17, 15) is 9.18 Å². The van der Waals surface area contributed by atoms with Crippen LogP contribution in [0.3, 0.4) is 0 Å². The molecule has 1 fully saturated rings. The van der Waals surface area contributed by atoms with Crippen molar-refractivity contribution in [2.75, 3.05) is 19.6 Å². The summed E-state index contributed by atoms with van der Waals surface area (Å²) in [5, 5.41) is 3.37. The quantitative estimate of drug-likeness (QED) is 0.922. The zero-order valence-corrected chi connectivity index (χ0v) is 12.2. The maximum Gasteiger partial charge on any atom is 0.257 e. The van der Waals surface area contributed by atoms with Crippen LogP contribution >= 0.6 is 0 Å². The van der Waals surface area contributed by atoms with E-state index in [-0.39, 0.29) is 17.5 Å². The van der Waals surface area contributed by atoms with E-state index in [1.54, 1.807) is 18.2 Å². The van der Waals surface area contributed by atoms with E-state index in [2.05, 4.69) is 19.2 Å². The van der Waals surface area contributed by atoms with Gasteiger partial charge in [0, 0.05) is 19.1 Å². The fourth-order valence-electron chi connectivity index (χ4n) is 2.75. The van der Waals surface area contributed by atoms with E-state index in [4.69, 9.17) is 0 Å². The van der Waals surface area contributed by atoms with Crippen LogP contribution in [-0.2, 0) is 0 Å². The summed E-state index contributed by atoms with van der Waals surface area (Å²) in [6.45, 7) is 6.69. The molecule has 20 heavy (non-hydrogen) atoms. The van der Waals surface area contributed by atoms with Crippen LogP contribution in [0.15, 0.2) is 24.3 Å². The Hall–Kier alpha value is -1.42. The molecule has 1 atom stereocenters. The molecule has 1 amide bonds. The molecule has 0 radical (unpaired) electrons. The normalized spacial score (nSPS) is 20.0. The highest BCUT2D eigenvalue weighted by molar-refractivity contribution is 5.94. The van der Waals surface area contributed by atoms with Gasteiger partial charge in [0.1, 0.15) is 5.82 Å². The average Bonchev–Trinajstić information content (AvgIpc) is 2.63. The van der Waals surface area contributed by atoms with Gasteiger partial charge in [-0.15, -0.1) is 0 Å². The standard InChI is InChI=1S/C16H23FN2O/c1-12(2)10-13-11-18-8-5-9-19(13)16(20)14-6-3-4-7-15(14)17/h3-4,6-7,12-13,18H,5,8-11H2,1-2H3. The third kappa shape index (κ3) is 3.57. The van der Waals surface area contributed by atoms with E-state index >= 15 is 0 Å². The number of hydrogen-bond acceptors (Lipinski definition) is 2. The van der Waals surface area contributed by atoms with Crippen LogP contribution in [0, 0.1) is 11.7 Å². The second-order valence-corrected chi connectivity index (χ2v) is 5.82. The number of carbonyl (C=O) groups excluding carboxylic acids is 1. The first-order valence-electron chi connectivity index (χ1n) is 7.36. The molecule has 1 aromatic rings. The number of carbonyl (C=O) groups is 1. The van der Waals surface area contributed by atoms with Crippen molar-refractivity contribution in [3.05, 3.63) is 35.6 Å². The van der Waals surface area contributed by atoms with Crippen molar-refractivity contribution in [1.29, 1.82) is 0 Å². The summed E-state index contributed by atoms with van der Waals surface area (Å²) in [5.41, 5.74) is 0.183. The summed E-state index contributed by atoms with van der Waals surface area (Å²) in [7, 11) is 0. The van der Waals surface area contributed by atoms with Crippen molar-refractivity contribution in [3.63, 3.8) is 0 Å². The molecule has 1 saturated heterocycles. The Balaban J connectivity index is 2.21. The molecule has 1 aliphatic heterocycles. The number of benzene rings is 1. The minimum atomic E-state index is -0.432. The van der Waals surface area contributed by atoms with Crippen molar-refractivity contribution < 1.29 is 9.18 Å². The Bertz CT molecular complexity index is 462. The molecular formula is C16H23FN2O. The fourth-order valence-corrected chi connectivity index (χ4v) is 2.75. The molecule has 1 aliphatic rings. The molecule has 110 valence electrons. The predicted molar refractivity (Wildman–Crippen MR) is 78.2 cm³/mol. The van der Waals surface area contributed by atoms with Crippen molar-refractivity contribution in [3.8, 4) is 0 Å². The molecule has 4 heteroatoms. The van der Waals surface area contributed by atoms with Crippen molar-refractivity contribution in [2.45, 2.75) is 32.7 Å². The highest BCUT2D eigenvalue weighted by atomic mass is 19.1. The number of amides is 1. The Kier molecular flexibility index (Phi) is 5.12. The molecule has 0 bridgehead atoms. The van der Waals surface area contributed by atoms with Gasteiger partial charge in [-0.2, -0.15) is 0 Å². The first-order chi connectivity index (χ1) is 9.59. The lowest BCUT2D eigenvalue weighted by Crippen LogP contribution is -2.44. The number of halogens is 1. The third-order valence-corrected chi connectivity index (χ3v) is 3.68. The van der Waals surface area contributed by atoms with Crippen molar-refractivity contribution in [2.24, 2.45) is 5.92 Å². The summed E-state index contributed by atoms with van der Waals surface area (Å²) < 4.78 is 13.8. The predicted octanol–water partition coefficient (Wildman–Crippen LogP) is 2.68. The lowest BCUT2D eigenvalue weighted by molar-refractivity contribution is 0.0668. The van der Waals surface area contributed by atoms with Crippen LogP contribution in [-0.4, -0.2) is 36.5 Å². The van der Waals surface area contributed by atoms with Crippen LogP contribution in [0.1, 0.15) is 37.0 Å². The van der Waals surface area contributed by atoms with E-state index in [0.29, 0.717) is 12.5 Å². The minimum Gasteiger partial charge on any atom is -0.334 e. The third-order valence-electron chi connectivity index (χ3n) is 3.68. The van der Waals surface area contributed by atoms with Gasteiger partial charge >= 0.3 is 0 Å². The van der Waals surface area contributed by atoms with Gasteiger partial charge in [0.15, 0.2) is 0 Å². The monoisotopic (exact) mass is 278 g/mol. The SMILES string of the molecule is CC(C)CC1CNCCCN1C(=O)c1ccccc1F. The number of nitrogens with one attached hydrogen (secondary N) is 1. The van der Waals surface area contributed by atoms with E-state index < -0.39 is 5.82 Å². The lowest BCUT2D eigenvalue weighted by Gasteiger charge is -2.31. The maximum atomic E-state index is 13.8. The summed E-state index contributed by atoms with van der Waals surface area (Å²) in [4.78, 5) is 14.5. The van der Waals surface area contributed by atoms with Crippen LogP contribution in [0.2, 0.25) is 0 Å². The Labute approximate surface area is 120 Å². The zero-order valence-electron chi connectivity index (χ0n) is 12.2. The number of rotatable bonds is 3. The summed E-state index contributed by atoms with van der Waals surface area (Å²) >= 11 is 0. The van der Waals surface area contributed by atoms with Crippen LogP contribution < -0.4 is 5.32 Å². The average molecular weight is 278 g/mol. The van der Waals surface area contributed by atoms with Crippen LogP contribution in [0.5, 0.6) is 0 Å². The zero-order chi connectivity index (χ0) is 14.5. The second kappa shape index (κ2) is 6.84. The molecule has 1 unspecified atom stereocenters. The summed E-state index contributed by atoms with van der Waals surface area (Å²) in [6, 6.07) is 6.39. The molecule has 0 aliphatic carbocycles. The maximum absolute atomic E-state index is 13.8.